The standard InChI is InChI=1S/C36H37NO16/c1-12-7-14-8-19(39)35(3)32(46)23-16(31(45)36(35,48)24(14)29(52-11-20(40)41)21(12)34(47)51-6)9-15-22(26(23)43)18(38)10-17(25(15)42)37-33-30(50-5)27(44)28(49-4)13(2)53-33/h7,9,13,19,27-28,30,33,39,43-44,48H,8,10-11H2,1-6H3,(H,40,41). The molecule has 3 aliphatic carbocycles. The molecular formula is C36H37NO16. The van der Waals surface area contributed by atoms with E-state index in [1.54, 1.807) is 6.92 Å². The number of phenolic OH excluding ortho intramolecular Hbond substituents is 1. The van der Waals surface area contributed by atoms with Crippen molar-refractivity contribution in [3.05, 3.63) is 56.6 Å². The second-order valence-corrected chi connectivity index (χ2v) is 13.6. The Bertz CT molecular complexity index is 2040. The molecule has 0 radical (unpaired) electrons. The van der Waals surface area contributed by atoms with Gasteiger partial charge in [-0.05, 0) is 38.0 Å². The van der Waals surface area contributed by atoms with Crippen LogP contribution in [0.15, 0.2) is 17.1 Å². The van der Waals surface area contributed by atoms with Crippen molar-refractivity contribution in [2.24, 2.45) is 10.4 Å². The Morgan fingerprint density at radius 2 is 1.66 bits per heavy atom. The van der Waals surface area contributed by atoms with Crippen molar-refractivity contribution in [2.45, 2.75) is 76.0 Å². The highest BCUT2D eigenvalue weighted by Gasteiger charge is 2.69. The summed E-state index contributed by atoms with van der Waals surface area (Å²) in [7, 11) is 3.67. The first-order valence-corrected chi connectivity index (χ1v) is 16.4. The summed E-state index contributed by atoms with van der Waals surface area (Å²) in [6.07, 6.45) is -8.10. The van der Waals surface area contributed by atoms with Gasteiger partial charge in [0.25, 0.3) is 0 Å². The van der Waals surface area contributed by atoms with Crippen LogP contribution in [-0.2, 0) is 35.8 Å². The number of phenols is 1. The van der Waals surface area contributed by atoms with Crippen molar-refractivity contribution < 1.29 is 78.0 Å². The van der Waals surface area contributed by atoms with Crippen molar-refractivity contribution in [2.75, 3.05) is 27.9 Å². The lowest BCUT2D eigenvalue weighted by Crippen LogP contribution is -2.65. The van der Waals surface area contributed by atoms with E-state index in [-0.39, 0.29) is 22.4 Å². The van der Waals surface area contributed by atoms with Gasteiger partial charge in [-0.2, -0.15) is 0 Å². The maximum absolute atomic E-state index is 14.8. The molecule has 2 aromatic rings. The summed E-state index contributed by atoms with van der Waals surface area (Å²) >= 11 is 0. The van der Waals surface area contributed by atoms with Gasteiger partial charge in [-0.25, -0.2) is 9.59 Å². The summed E-state index contributed by atoms with van der Waals surface area (Å²) in [5, 5.41) is 56.0. The van der Waals surface area contributed by atoms with Crippen LogP contribution in [0.1, 0.15) is 88.7 Å². The van der Waals surface area contributed by atoms with Crippen LogP contribution in [0.5, 0.6) is 11.5 Å². The molecule has 1 aliphatic heterocycles. The van der Waals surface area contributed by atoms with Crippen LogP contribution in [0.3, 0.4) is 0 Å². The fourth-order valence-corrected chi connectivity index (χ4v) is 8.05. The lowest BCUT2D eigenvalue weighted by atomic mass is 9.51. The zero-order valence-electron chi connectivity index (χ0n) is 29.4. The van der Waals surface area contributed by atoms with Crippen LogP contribution in [-0.4, -0.2) is 131 Å². The number of hydrogen-bond acceptors (Lipinski definition) is 16. The Balaban J connectivity index is 1.56. The van der Waals surface area contributed by atoms with Gasteiger partial charge in [0.2, 0.25) is 11.6 Å². The quantitative estimate of drug-likeness (QED) is 0.242. The fourth-order valence-electron chi connectivity index (χ4n) is 8.05. The van der Waals surface area contributed by atoms with Gasteiger partial charge in [0, 0.05) is 37.3 Å². The van der Waals surface area contributed by atoms with Gasteiger partial charge in [-0.1, -0.05) is 6.07 Å². The molecule has 53 heavy (non-hydrogen) atoms. The van der Waals surface area contributed by atoms with Crippen LogP contribution < -0.4 is 4.74 Å². The number of aryl methyl sites for hydroxylation is 1. The van der Waals surface area contributed by atoms with Crippen LogP contribution in [0.4, 0.5) is 0 Å². The molecule has 282 valence electrons. The number of carbonyl (C=O) groups excluding carboxylic acids is 5. The van der Waals surface area contributed by atoms with E-state index in [2.05, 4.69) is 4.99 Å². The molecular weight excluding hydrogens is 702 g/mol. The molecule has 0 bridgehead atoms. The minimum Gasteiger partial charge on any atom is -0.506 e. The van der Waals surface area contributed by atoms with E-state index in [9.17, 15) is 54.3 Å². The maximum Gasteiger partial charge on any atom is 0.341 e. The summed E-state index contributed by atoms with van der Waals surface area (Å²) in [6.45, 7) is 3.04. The molecule has 1 saturated heterocycles. The highest BCUT2D eigenvalue weighted by Crippen LogP contribution is 2.59. The van der Waals surface area contributed by atoms with E-state index in [1.807, 2.05) is 0 Å². The number of hydrogen-bond donors (Lipinski definition) is 5. The number of methoxy groups -OCH3 is 3. The van der Waals surface area contributed by atoms with E-state index in [0.29, 0.717) is 0 Å². The van der Waals surface area contributed by atoms with Gasteiger partial charge in [0.05, 0.1) is 48.0 Å². The molecule has 8 unspecified atom stereocenters. The first-order chi connectivity index (χ1) is 24.9. The van der Waals surface area contributed by atoms with Crippen molar-refractivity contribution >= 4 is 40.8 Å². The molecule has 0 spiro atoms. The number of aromatic hydroxyl groups is 1. The van der Waals surface area contributed by atoms with Crippen molar-refractivity contribution in [3.63, 3.8) is 0 Å². The average molecular weight is 740 g/mol. The number of aliphatic hydroxyl groups is 3. The second kappa shape index (κ2) is 13.2. The molecule has 1 heterocycles. The summed E-state index contributed by atoms with van der Waals surface area (Å²) in [5.74, 6) is -8.49. The van der Waals surface area contributed by atoms with E-state index >= 15 is 0 Å². The van der Waals surface area contributed by atoms with E-state index in [0.717, 1.165) is 20.1 Å². The first kappa shape index (κ1) is 37.8. The number of carboxylic acid groups (broad SMARTS) is 1. The first-order valence-electron chi connectivity index (χ1n) is 16.4. The van der Waals surface area contributed by atoms with Gasteiger partial charge < -0.3 is 49.2 Å². The Morgan fingerprint density at radius 3 is 2.26 bits per heavy atom. The topological polar surface area (TPSA) is 262 Å². The number of esters is 1. The molecule has 17 nitrogen and oxygen atoms in total. The number of carbonyl (C=O) groups is 6. The predicted molar refractivity (Wildman–Crippen MR) is 177 cm³/mol. The van der Waals surface area contributed by atoms with Crippen LogP contribution in [0.25, 0.3) is 0 Å². The molecule has 17 heteroatoms. The van der Waals surface area contributed by atoms with Gasteiger partial charge in [0.1, 0.15) is 35.4 Å². The number of aliphatic hydroxyl groups excluding tert-OH is 2. The molecule has 6 rings (SSSR count). The Morgan fingerprint density at radius 1 is 1.00 bits per heavy atom. The molecule has 0 aromatic heterocycles. The summed E-state index contributed by atoms with van der Waals surface area (Å²) in [4.78, 5) is 85.8. The third kappa shape index (κ3) is 5.25. The van der Waals surface area contributed by atoms with Gasteiger partial charge in [0.15, 0.2) is 30.0 Å². The average Bonchev–Trinajstić information content (AvgIpc) is 3.09. The number of aliphatic imine (C=N–C) groups is 1. The summed E-state index contributed by atoms with van der Waals surface area (Å²) < 4.78 is 26.9. The zero-order chi connectivity index (χ0) is 39.1. The van der Waals surface area contributed by atoms with Crippen LogP contribution >= 0.6 is 0 Å². The summed E-state index contributed by atoms with van der Waals surface area (Å²) in [5.41, 5.74) is -9.25. The van der Waals surface area contributed by atoms with Crippen molar-refractivity contribution in [3.8, 4) is 11.5 Å². The number of Topliss-reactive ketones (excluding diaryl/α,β-unsaturated/α-hetero) is 4. The minimum atomic E-state index is -3.10. The lowest BCUT2D eigenvalue weighted by molar-refractivity contribution is -0.228. The fraction of sp³-hybridized carbons (Fsp3) is 0.472. The Labute approximate surface area is 301 Å². The van der Waals surface area contributed by atoms with E-state index in [1.165, 1.54) is 27.2 Å². The number of ether oxygens (including phenoxy) is 5. The number of nitrogens with zero attached hydrogens (tertiary/aromatic N) is 1. The maximum atomic E-state index is 14.8. The molecule has 5 N–H and O–H groups in total. The van der Waals surface area contributed by atoms with Gasteiger partial charge >= 0.3 is 11.9 Å². The largest absolute Gasteiger partial charge is 0.506 e. The molecule has 0 saturated carbocycles. The SMILES string of the molecule is COC(=O)c1c(C)cc2c(c1OCC(=O)O)C1(O)C(=O)c3cc4c(c(O)c3C(=O)C1(C)C(O)C2)C(=O)CC(=NC1OC(C)C(OC)C(O)C1OC)C4=O. The molecule has 4 aliphatic rings. The van der Waals surface area contributed by atoms with Crippen LogP contribution in [0.2, 0.25) is 0 Å². The van der Waals surface area contributed by atoms with Gasteiger partial charge in [-0.3, -0.25) is 24.2 Å². The molecule has 1 fully saturated rings. The second-order valence-electron chi connectivity index (χ2n) is 13.6. The van der Waals surface area contributed by atoms with Crippen molar-refractivity contribution in [1.29, 1.82) is 0 Å². The number of fused-ring (bicyclic) bond motifs is 5. The zero-order valence-corrected chi connectivity index (χ0v) is 29.4. The van der Waals surface area contributed by atoms with Crippen molar-refractivity contribution in [1.82, 2.24) is 0 Å². The Hall–Kier alpha value is -4.91. The number of benzene rings is 2. The predicted octanol–water partition coefficient (Wildman–Crippen LogP) is 0.487. The molecule has 8 atom stereocenters. The monoisotopic (exact) mass is 739 g/mol. The highest BCUT2D eigenvalue weighted by atomic mass is 16.6. The van der Waals surface area contributed by atoms with E-state index in [4.69, 9.17) is 23.7 Å². The smallest absolute Gasteiger partial charge is 0.341 e. The summed E-state index contributed by atoms with van der Waals surface area (Å²) in [6, 6.07) is 2.21. The van der Waals surface area contributed by atoms with Crippen LogP contribution in [0, 0.1) is 12.3 Å². The third-order valence-electron chi connectivity index (χ3n) is 10.8. The molecule has 2 aromatic carbocycles. The normalized spacial score (nSPS) is 31.4. The third-order valence-corrected chi connectivity index (χ3v) is 10.8. The molecule has 0 amide bonds. The number of rotatable bonds is 7. The lowest BCUT2D eigenvalue weighted by Gasteiger charge is -2.52. The van der Waals surface area contributed by atoms with E-state index < -0.39 is 142 Å². The Kier molecular flexibility index (Phi) is 9.41. The number of aliphatic carboxylic acids is 1. The van der Waals surface area contributed by atoms with Gasteiger partial charge in [-0.15, -0.1) is 0 Å². The highest BCUT2D eigenvalue weighted by molar-refractivity contribution is 6.53. The number of ketones is 4. The minimum absolute atomic E-state index is 0.0304. The number of carboxylic acids is 1.